The molecule has 0 aliphatic heterocycles. The number of halogens is 6. The number of hydrogen-bond acceptors (Lipinski definition) is 8. The Kier molecular flexibility index (Phi) is 14.4. The van der Waals surface area contributed by atoms with Crippen LogP contribution in [0.2, 0.25) is 0 Å². The van der Waals surface area contributed by atoms with E-state index < -0.39 is 11.9 Å². The summed E-state index contributed by atoms with van der Waals surface area (Å²) in [6.45, 7) is 4.75. The van der Waals surface area contributed by atoms with E-state index in [1.54, 1.807) is 10.1 Å². The zero-order chi connectivity index (χ0) is 27.2. The summed E-state index contributed by atoms with van der Waals surface area (Å²) in [5.41, 5.74) is 3.59. The van der Waals surface area contributed by atoms with Crippen LogP contribution in [0.25, 0.3) is 0 Å². The lowest BCUT2D eigenvalue weighted by Crippen LogP contribution is -2.31. The number of hydroxylamine groups is 2. The first-order chi connectivity index (χ1) is 17.0. The molecule has 0 aromatic heterocycles. The number of anilines is 4. The van der Waals surface area contributed by atoms with Gasteiger partial charge < -0.3 is 20.3 Å². The Hall–Kier alpha value is 0.960. The molecule has 0 aliphatic rings. The standard InChI is InChI=1S/C22H24I6N4O4/c1-5-31(21-13(25)9-11(23)19(29-3)17(21)27)35-15(33)7-8-16(34)36-32(6-2)22-14(26)10-12(24)20(30-4)18(22)28/h9-10,29-30H,5-8H2,1-4H3. The number of nitrogens with zero attached hydrogens (tertiary/aromatic N) is 2. The third kappa shape index (κ3) is 8.24. The van der Waals surface area contributed by atoms with Crippen LogP contribution in [0.15, 0.2) is 12.1 Å². The molecular weight excluding hydrogens is 1150 g/mol. The first-order valence-corrected chi connectivity index (χ1v) is 17.1. The Balaban J connectivity index is 2.09. The van der Waals surface area contributed by atoms with E-state index >= 15 is 0 Å². The van der Waals surface area contributed by atoms with Crippen molar-refractivity contribution in [2.45, 2.75) is 26.7 Å². The van der Waals surface area contributed by atoms with Crippen molar-refractivity contribution in [3.05, 3.63) is 33.6 Å². The van der Waals surface area contributed by atoms with Crippen LogP contribution in [-0.2, 0) is 19.3 Å². The summed E-state index contributed by atoms with van der Waals surface area (Å²) in [6, 6.07) is 4.06. The molecule has 0 saturated carbocycles. The van der Waals surface area contributed by atoms with Crippen LogP contribution in [0.1, 0.15) is 26.7 Å². The van der Waals surface area contributed by atoms with Crippen molar-refractivity contribution in [2.75, 3.05) is 47.9 Å². The summed E-state index contributed by atoms with van der Waals surface area (Å²) in [4.78, 5) is 36.7. The summed E-state index contributed by atoms with van der Waals surface area (Å²) in [7, 11) is 3.73. The highest BCUT2D eigenvalue weighted by molar-refractivity contribution is 14.1. The number of benzene rings is 2. The Labute approximate surface area is 293 Å². The minimum absolute atomic E-state index is 0.0913. The SMILES string of the molecule is CCN(OC(=O)CCC(=O)ON(CC)c1c(I)cc(I)c(NC)c1I)c1c(I)cc(I)c(NC)c1I. The summed E-state index contributed by atoms with van der Waals surface area (Å²) >= 11 is 13.5. The molecule has 36 heavy (non-hydrogen) atoms. The van der Waals surface area contributed by atoms with Crippen LogP contribution in [0.4, 0.5) is 22.7 Å². The second-order valence-corrected chi connectivity index (χ2v) is 13.9. The number of nitrogens with one attached hydrogen (secondary N) is 2. The van der Waals surface area contributed by atoms with E-state index in [0.717, 1.165) is 44.2 Å². The van der Waals surface area contributed by atoms with Gasteiger partial charge in [0.1, 0.15) is 11.4 Å². The van der Waals surface area contributed by atoms with Gasteiger partial charge in [0.25, 0.3) is 0 Å². The van der Waals surface area contributed by atoms with Gasteiger partial charge >= 0.3 is 11.9 Å². The van der Waals surface area contributed by atoms with E-state index in [1.165, 1.54) is 0 Å². The van der Waals surface area contributed by atoms with Crippen molar-refractivity contribution in [2.24, 2.45) is 0 Å². The zero-order valence-electron chi connectivity index (χ0n) is 19.8. The fourth-order valence-electron chi connectivity index (χ4n) is 3.15. The van der Waals surface area contributed by atoms with E-state index in [-0.39, 0.29) is 12.8 Å². The van der Waals surface area contributed by atoms with Crippen molar-refractivity contribution < 1.29 is 19.3 Å². The van der Waals surface area contributed by atoms with Crippen LogP contribution in [0, 0.1) is 21.4 Å². The molecule has 0 aliphatic carbocycles. The zero-order valence-corrected chi connectivity index (χ0v) is 32.7. The molecule has 0 saturated heterocycles. The molecule has 14 heteroatoms. The lowest BCUT2D eigenvalue weighted by Gasteiger charge is -2.26. The van der Waals surface area contributed by atoms with Gasteiger partial charge in [0.15, 0.2) is 0 Å². The molecule has 0 spiro atoms. The summed E-state index contributed by atoms with van der Waals surface area (Å²) < 4.78 is 6.02. The maximum Gasteiger partial charge on any atom is 0.332 e. The van der Waals surface area contributed by atoms with Crippen molar-refractivity contribution in [3.8, 4) is 0 Å². The molecule has 0 unspecified atom stereocenters. The molecule has 2 aromatic rings. The quantitative estimate of drug-likeness (QED) is 0.178. The maximum atomic E-state index is 12.7. The lowest BCUT2D eigenvalue weighted by atomic mass is 10.2. The topological polar surface area (TPSA) is 83.1 Å². The molecule has 2 aromatic carbocycles. The number of hydrogen-bond donors (Lipinski definition) is 2. The van der Waals surface area contributed by atoms with Crippen LogP contribution in [0.3, 0.4) is 0 Å². The average molecular weight is 1170 g/mol. The minimum Gasteiger partial charge on any atom is -0.386 e. The Morgan fingerprint density at radius 2 is 1.03 bits per heavy atom. The van der Waals surface area contributed by atoms with Crippen LogP contribution < -0.4 is 20.8 Å². The number of carbonyl (C=O) groups excluding carboxylic acids is 2. The van der Waals surface area contributed by atoms with Gasteiger partial charge in [0.05, 0.1) is 44.4 Å². The molecule has 0 bridgehead atoms. The smallest absolute Gasteiger partial charge is 0.332 e. The molecule has 2 N–H and O–H groups in total. The Bertz CT molecular complexity index is 1050. The fraction of sp³-hybridized carbons (Fsp3) is 0.364. The van der Waals surface area contributed by atoms with E-state index in [0.29, 0.717) is 13.1 Å². The maximum absolute atomic E-state index is 12.7. The molecule has 0 fully saturated rings. The molecule has 198 valence electrons. The third-order valence-electron chi connectivity index (χ3n) is 4.82. The van der Waals surface area contributed by atoms with Crippen LogP contribution >= 0.6 is 136 Å². The third-order valence-corrected chi connectivity index (χ3v) is 10.3. The molecule has 0 amide bonds. The second-order valence-electron chi connectivity index (χ2n) is 7.07. The summed E-state index contributed by atoms with van der Waals surface area (Å²) in [5, 5.41) is 9.55. The molecular formula is C22H24I6N4O4. The summed E-state index contributed by atoms with van der Waals surface area (Å²) in [5.74, 6) is -0.993. The van der Waals surface area contributed by atoms with Gasteiger partial charge in [-0.3, -0.25) is 0 Å². The van der Waals surface area contributed by atoms with Crippen LogP contribution in [0.5, 0.6) is 0 Å². The highest BCUT2D eigenvalue weighted by Gasteiger charge is 2.24. The van der Waals surface area contributed by atoms with E-state index in [9.17, 15) is 9.59 Å². The molecule has 0 heterocycles. The van der Waals surface area contributed by atoms with E-state index in [4.69, 9.17) is 9.68 Å². The predicted octanol–water partition coefficient (Wildman–Crippen LogP) is 7.45. The Morgan fingerprint density at radius 3 is 1.31 bits per heavy atom. The molecule has 2 rings (SSSR count). The monoisotopic (exact) mass is 1170 g/mol. The summed E-state index contributed by atoms with van der Waals surface area (Å²) in [6.07, 6.45) is -0.183. The highest BCUT2D eigenvalue weighted by Crippen LogP contribution is 2.38. The van der Waals surface area contributed by atoms with Crippen molar-refractivity contribution in [3.63, 3.8) is 0 Å². The normalized spacial score (nSPS) is 10.6. The molecule has 8 nitrogen and oxygen atoms in total. The van der Waals surface area contributed by atoms with Gasteiger partial charge in [-0.1, -0.05) is 0 Å². The Morgan fingerprint density at radius 1 is 0.694 bits per heavy atom. The average Bonchev–Trinajstić information content (AvgIpc) is 2.81. The van der Waals surface area contributed by atoms with Gasteiger partial charge in [-0.25, -0.2) is 19.7 Å². The van der Waals surface area contributed by atoms with E-state index in [1.807, 2.05) is 40.1 Å². The lowest BCUT2D eigenvalue weighted by molar-refractivity contribution is -0.152. The highest BCUT2D eigenvalue weighted by atomic mass is 127. The minimum atomic E-state index is -0.496. The largest absolute Gasteiger partial charge is 0.386 e. The van der Waals surface area contributed by atoms with Gasteiger partial charge in [0, 0.05) is 28.4 Å². The molecule has 0 radical (unpaired) electrons. The first-order valence-electron chi connectivity index (χ1n) is 10.7. The van der Waals surface area contributed by atoms with Gasteiger partial charge in [-0.15, -0.1) is 0 Å². The van der Waals surface area contributed by atoms with Crippen LogP contribution in [-0.4, -0.2) is 39.1 Å². The van der Waals surface area contributed by atoms with Crippen molar-refractivity contribution in [1.82, 2.24) is 0 Å². The first kappa shape index (κ1) is 33.2. The van der Waals surface area contributed by atoms with Crippen molar-refractivity contribution in [1.29, 1.82) is 0 Å². The van der Waals surface area contributed by atoms with Gasteiger partial charge in [0.2, 0.25) is 0 Å². The molecule has 0 atom stereocenters. The second kappa shape index (κ2) is 15.7. The predicted molar refractivity (Wildman–Crippen MR) is 196 cm³/mol. The number of carbonyl (C=O) groups is 2. The van der Waals surface area contributed by atoms with Gasteiger partial charge in [-0.2, -0.15) is 0 Å². The fourth-order valence-corrected chi connectivity index (χ4v) is 12.1. The number of rotatable bonds is 11. The van der Waals surface area contributed by atoms with Crippen molar-refractivity contribution >= 4 is 170 Å². The van der Waals surface area contributed by atoms with Gasteiger partial charge in [-0.05, 0) is 162 Å². The van der Waals surface area contributed by atoms with E-state index in [2.05, 4.69) is 146 Å².